The lowest BCUT2D eigenvalue weighted by Gasteiger charge is -2.40. The second kappa shape index (κ2) is 44.5. The van der Waals surface area contributed by atoms with E-state index >= 15 is 33.6 Å². The van der Waals surface area contributed by atoms with Crippen LogP contribution < -0.4 is 16.0 Å². The van der Waals surface area contributed by atoms with E-state index in [1.807, 2.05) is 41.5 Å². The first-order valence-corrected chi connectivity index (χ1v) is 37.5. The van der Waals surface area contributed by atoms with Crippen LogP contribution in [0.4, 0.5) is 0 Å². The van der Waals surface area contributed by atoms with Gasteiger partial charge in [-0.05, 0) is 121 Å². The van der Waals surface area contributed by atoms with E-state index < -0.39 is 161 Å². The topological polar surface area (TPSA) is 312 Å². The molecule has 2 saturated heterocycles. The molecular formula is C75H134N10O16. The molecule has 0 bridgehead atoms. The van der Waals surface area contributed by atoms with Gasteiger partial charge in [0.05, 0.1) is 38.1 Å². The fraction of sp³-hybridized carbons (Fsp3) is 0.840. The number of morpholine rings is 1. The number of esters is 1. The van der Waals surface area contributed by atoms with Gasteiger partial charge in [-0.3, -0.25) is 62.4 Å². The molecular weight excluding hydrogens is 1300 g/mol. The van der Waals surface area contributed by atoms with E-state index in [2.05, 4.69) is 20.9 Å². The summed E-state index contributed by atoms with van der Waals surface area (Å²) in [5.74, 6) is -11.5. The fourth-order valence-electron chi connectivity index (χ4n) is 13.6. The third kappa shape index (κ3) is 28.1. The third-order valence-electron chi connectivity index (χ3n) is 20.2. The van der Waals surface area contributed by atoms with Crippen molar-refractivity contribution in [1.29, 1.82) is 0 Å². The quantitative estimate of drug-likeness (QED) is 0.0578. The van der Waals surface area contributed by atoms with Gasteiger partial charge in [0.1, 0.15) is 48.3 Å². The minimum absolute atomic E-state index is 0.0195. The fourth-order valence-corrected chi connectivity index (χ4v) is 13.6. The first-order chi connectivity index (χ1) is 47.2. The largest absolute Gasteiger partial charge is 0.466 e. The van der Waals surface area contributed by atoms with Gasteiger partial charge in [0.15, 0.2) is 11.6 Å². The Morgan fingerprint density at radius 1 is 0.535 bits per heavy atom. The number of ketones is 2. The van der Waals surface area contributed by atoms with Gasteiger partial charge in [0.2, 0.25) is 53.2 Å². The molecule has 0 aromatic heterocycles. The van der Waals surface area contributed by atoms with Gasteiger partial charge < -0.3 is 64.7 Å². The number of rotatable bonds is 26. The van der Waals surface area contributed by atoms with Gasteiger partial charge in [0.25, 0.3) is 0 Å². The molecule has 0 aromatic rings. The van der Waals surface area contributed by atoms with Crippen LogP contribution in [-0.4, -0.2) is 265 Å². The molecule has 0 saturated carbocycles. The lowest BCUT2D eigenvalue weighted by molar-refractivity contribution is -0.154. The molecule has 580 valence electrons. The zero-order valence-electron chi connectivity index (χ0n) is 66.0. The molecule has 2 heterocycles. The van der Waals surface area contributed by atoms with Crippen LogP contribution in [0.5, 0.6) is 0 Å². The summed E-state index contributed by atoms with van der Waals surface area (Å²) in [6.07, 6.45) is 1.88. The molecule has 0 radical (unpaired) electrons. The Kier molecular flexibility index (Phi) is 40.1. The minimum atomic E-state index is -1.71. The number of nitrogens with one attached hydrogen (secondary N) is 3. The average molecular weight is 1430 g/mol. The van der Waals surface area contributed by atoms with Crippen molar-refractivity contribution in [3.63, 3.8) is 0 Å². The van der Waals surface area contributed by atoms with Crippen molar-refractivity contribution >= 4 is 70.7 Å². The monoisotopic (exact) mass is 1430 g/mol. The zero-order chi connectivity index (χ0) is 77.0. The SMILES string of the molecule is CCOC(=O)CCCCCC[C@@H](C)[C@@H](O)[C@@H]1NC(=O)[C@H](C(C)C)N(C)C(=O)[C@H](CC(C)C)N(C)C(=O)[C@H](CC(C)C)N(C)C(=O)[C@@H](C)NC(=O)[C@H](C)CC(=O)[C@H](CC(C)C)N(C)C(=O)[C@H](C(C)C)CC(=O)[C@H]([C@@H](C)OCCCCN2CCOCC2)N(C)C(=O)[C@@H](C)N(C)C(=O)[C@H](CC)NC1=O. The van der Waals surface area contributed by atoms with Crippen LogP contribution in [0, 0.1) is 47.3 Å². The summed E-state index contributed by atoms with van der Waals surface area (Å²) in [5, 5.41) is 20.6. The molecule has 0 aromatic carbocycles. The van der Waals surface area contributed by atoms with Crippen LogP contribution in [-0.2, 0) is 71.7 Å². The lowest BCUT2D eigenvalue weighted by Crippen LogP contribution is -2.63. The van der Waals surface area contributed by atoms with Crippen LogP contribution in [0.15, 0.2) is 0 Å². The van der Waals surface area contributed by atoms with Crippen molar-refractivity contribution in [2.75, 3.05) is 88.3 Å². The van der Waals surface area contributed by atoms with Crippen LogP contribution in [0.1, 0.15) is 208 Å². The van der Waals surface area contributed by atoms with E-state index in [-0.39, 0.29) is 81.9 Å². The number of likely N-dealkylation sites (N-methyl/N-ethyl adjacent to an activating group) is 6. The van der Waals surface area contributed by atoms with Gasteiger partial charge in [0, 0.05) is 93.1 Å². The van der Waals surface area contributed by atoms with Gasteiger partial charge in [-0.15, -0.1) is 0 Å². The number of carbonyl (C=O) groups excluding carboxylic acids is 12. The van der Waals surface area contributed by atoms with Crippen molar-refractivity contribution in [3.05, 3.63) is 0 Å². The molecule has 2 aliphatic heterocycles. The molecule has 0 aliphatic carbocycles. The summed E-state index contributed by atoms with van der Waals surface area (Å²) in [5.41, 5.74) is 0. The van der Waals surface area contributed by atoms with Gasteiger partial charge >= 0.3 is 5.97 Å². The van der Waals surface area contributed by atoms with Crippen molar-refractivity contribution in [1.82, 2.24) is 50.2 Å². The number of amides is 9. The van der Waals surface area contributed by atoms with E-state index in [0.29, 0.717) is 51.7 Å². The van der Waals surface area contributed by atoms with Crippen LogP contribution in [0.3, 0.4) is 0 Å². The Morgan fingerprint density at radius 3 is 1.59 bits per heavy atom. The van der Waals surface area contributed by atoms with Gasteiger partial charge in [-0.2, -0.15) is 0 Å². The maximum absolute atomic E-state index is 15.2. The molecule has 14 atom stereocenters. The summed E-state index contributed by atoms with van der Waals surface area (Å²) in [6.45, 7) is 33.8. The third-order valence-corrected chi connectivity index (χ3v) is 20.2. The van der Waals surface area contributed by atoms with Crippen LogP contribution in [0.25, 0.3) is 0 Å². The molecule has 9 amide bonds. The number of carbonyl (C=O) groups is 12. The highest BCUT2D eigenvalue weighted by Gasteiger charge is 2.45. The number of Topliss-reactive ketones (excluding diaryl/α,β-unsaturated/α-hetero) is 2. The van der Waals surface area contributed by atoms with E-state index in [1.54, 1.807) is 62.3 Å². The molecule has 26 heteroatoms. The molecule has 2 fully saturated rings. The highest BCUT2D eigenvalue weighted by molar-refractivity contribution is 6.00. The predicted molar refractivity (Wildman–Crippen MR) is 388 cm³/mol. The number of unbranched alkanes of at least 4 members (excludes halogenated alkanes) is 4. The molecule has 4 N–H and O–H groups in total. The van der Waals surface area contributed by atoms with Crippen LogP contribution in [0.2, 0.25) is 0 Å². The molecule has 0 spiro atoms. The molecule has 2 rings (SSSR count). The number of aliphatic hydroxyl groups is 1. The maximum Gasteiger partial charge on any atom is 0.305 e. The average Bonchev–Trinajstić information content (AvgIpc) is 0.824. The Balaban J connectivity index is 2.97. The van der Waals surface area contributed by atoms with Crippen molar-refractivity contribution < 1.29 is 76.9 Å². The first kappa shape index (κ1) is 91.0. The zero-order valence-corrected chi connectivity index (χ0v) is 66.0. The lowest BCUT2D eigenvalue weighted by atomic mass is 9.85. The van der Waals surface area contributed by atoms with Gasteiger partial charge in [-0.1, -0.05) is 109 Å². The number of aliphatic hydroxyl groups excluding tert-OH is 1. The second-order valence-electron chi connectivity index (χ2n) is 30.7. The summed E-state index contributed by atoms with van der Waals surface area (Å²) in [6, 6.07) is -11.5. The van der Waals surface area contributed by atoms with Gasteiger partial charge in [-0.25, -0.2) is 0 Å². The predicted octanol–water partition coefficient (Wildman–Crippen LogP) is 5.91. The number of hydrogen-bond donors (Lipinski definition) is 4. The number of hydrogen-bond acceptors (Lipinski definition) is 17. The molecule has 26 nitrogen and oxygen atoms in total. The smallest absolute Gasteiger partial charge is 0.305 e. The summed E-state index contributed by atoms with van der Waals surface area (Å²) in [4.78, 5) is 186. The summed E-state index contributed by atoms with van der Waals surface area (Å²) >= 11 is 0. The minimum Gasteiger partial charge on any atom is -0.466 e. The Labute approximate surface area is 605 Å². The highest BCUT2D eigenvalue weighted by atomic mass is 16.5. The number of ether oxygens (including phenoxy) is 3. The number of nitrogens with zero attached hydrogens (tertiary/aromatic N) is 7. The van der Waals surface area contributed by atoms with Crippen molar-refractivity contribution in [2.24, 2.45) is 47.3 Å². The van der Waals surface area contributed by atoms with E-state index in [1.165, 1.54) is 80.6 Å². The molecule has 0 unspecified atom stereocenters. The van der Waals surface area contributed by atoms with Crippen molar-refractivity contribution in [3.8, 4) is 0 Å². The van der Waals surface area contributed by atoms with Crippen molar-refractivity contribution in [2.45, 2.75) is 274 Å². The van der Waals surface area contributed by atoms with Crippen LogP contribution >= 0.6 is 0 Å². The highest BCUT2D eigenvalue weighted by Crippen LogP contribution is 2.28. The van der Waals surface area contributed by atoms with E-state index in [9.17, 15) is 29.1 Å². The maximum atomic E-state index is 15.2. The first-order valence-electron chi connectivity index (χ1n) is 37.5. The van der Waals surface area contributed by atoms with E-state index in [4.69, 9.17) is 14.2 Å². The Morgan fingerprint density at radius 2 is 1.06 bits per heavy atom. The summed E-state index contributed by atoms with van der Waals surface area (Å²) in [7, 11) is 8.68. The molecule has 2 aliphatic rings. The molecule has 101 heavy (non-hydrogen) atoms. The Bertz CT molecular complexity index is 2690. The van der Waals surface area contributed by atoms with E-state index in [0.717, 1.165) is 31.0 Å². The normalized spacial score (nSPS) is 26.5. The second-order valence-corrected chi connectivity index (χ2v) is 30.7. The summed E-state index contributed by atoms with van der Waals surface area (Å²) < 4.78 is 17.0. The Hall–Kier alpha value is -6.12. The standard InChI is InChI=1S/C75H134N10O16/c1-24-56-73(96)79(18)53(16)71(94)84(23)65(54(17)101-37-31-30-34-85-35-38-99-39-36-85)61(87)44-55(48(9)10)72(95)80(19)57(40-45(3)4)60(86)43-51(14)67(90)76-52(15)70(93)81(20)58(41-46(5)6)74(97)82(21)59(42-47(7)8)75(98)83(22)64(49(11)12)69(92)78-63(68(91)77-56)66(89)50(13)32-28-26-27-29-33-62(88)100-25-2/h45-59,63-66,89H,24-44H2,1-23H3,(H,76,90)(H,77,91)(H,78,92)/t50-,51-,52-,53-,54-,55+,56+,57+,58+,59+,63+,64+,65+,66-/m1/s1.